The van der Waals surface area contributed by atoms with Crippen LogP contribution in [0, 0.1) is 6.92 Å². The van der Waals surface area contributed by atoms with Gasteiger partial charge in [-0.15, -0.1) is 10.2 Å². The third kappa shape index (κ3) is 2.18. The molecule has 0 bridgehead atoms. The van der Waals surface area contributed by atoms with Gasteiger partial charge in [-0.25, -0.2) is 8.42 Å². The lowest BCUT2D eigenvalue weighted by Crippen LogP contribution is -2.21. The third-order valence-corrected chi connectivity index (χ3v) is 6.14. The van der Waals surface area contributed by atoms with Crippen molar-refractivity contribution in [1.29, 1.82) is 0 Å². The molecule has 0 saturated heterocycles. The van der Waals surface area contributed by atoms with Crippen LogP contribution in [0.25, 0.3) is 0 Å². The van der Waals surface area contributed by atoms with E-state index in [0.717, 1.165) is 44.3 Å². The summed E-state index contributed by atoms with van der Waals surface area (Å²) in [5, 5.41) is 7.95. The molecule has 0 aliphatic heterocycles. The molecule has 0 spiro atoms. The van der Waals surface area contributed by atoms with Crippen LogP contribution in [0.3, 0.4) is 0 Å². The van der Waals surface area contributed by atoms with Crippen LogP contribution in [0.15, 0.2) is 0 Å². The maximum absolute atomic E-state index is 12.3. The summed E-state index contributed by atoms with van der Waals surface area (Å²) in [6.07, 6.45) is 5.96. The molecule has 2 fully saturated rings. The van der Waals surface area contributed by atoms with E-state index in [-0.39, 0.29) is 11.0 Å². The lowest BCUT2D eigenvalue weighted by molar-refractivity contribution is 0.573. The maximum atomic E-state index is 12.3. The minimum atomic E-state index is -3.05. The minimum Gasteiger partial charge on any atom is -0.311 e. The molecule has 0 atom stereocenters. The number of sulfone groups is 1. The number of aromatic nitrogens is 3. The average Bonchev–Trinajstić information content (AvgIpc) is 2.87. The van der Waals surface area contributed by atoms with E-state index < -0.39 is 9.84 Å². The molecule has 100 valence electrons. The molecule has 5 nitrogen and oxygen atoms in total. The van der Waals surface area contributed by atoms with Crippen LogP contribution in [0.4, 0.5) is 0 Å². The fourth-order valence-corrected chi connectivity index (χ4v) is 4.71. The van der Waals surface area contributed by atoms with E-state index in [9.17, 15) is 8.42 Å². The molecule has 6 heteroatoms. The van der Waals surface area contributed by atoms with Gasteiger partial charge in [-0.05, 0) is 32.6 Å². The lowest BCUT2D eigenvalue weighted by atomic mass is 10.4. The second kappa shape index (κ2) is 4.33. The first-order valence-corrected chi connectivity index (χ1v) is 8.41. The van der Waals surface area contributed by atoms with E-state index >= 15 is 0 Å². The van der Waals surface area contributed by atoms with Crippen LogP contribution in [0.1, 0.15) is 56.2 Å². The lowest BCUT2D eigenvalue weighted by Gasteiger charge is -2.12. The summed E-state index contributed by atoms with van der Waals surface area (Å²) in [5.74, 6) is 1.55. The van der Waals surface area contributed by atoms with E-state index in [1.54, 1.807) is 0 Å². The number of rotatable bonds is 4. The molecule has 0 amide bonds. The van der Waals surface area contributed by atoms with Crippen molar-refractivity contribution in [2.24, 2.45) is 0 Å². The van der Waals surface area contributed by atoms with Crippen LogP contribution in [-0.4, -0.2) is 28.4 Å². The Morgan fingerprint density at radius 3 is 2.44 bits per heavy atom. The molecule has 2 saturated carbocycles. The van der Waals surface area contributed by atoms with Crippen LogP contribution in [0.5, 0.6) is 0 Å². The second-order valence-corrected chi connectivity index (χ2v) is 7.76. The predicted octanol–water partition coefficient (Wildman–Crippen LogP) is 1.78. The van der Waals surface area contributed by atoms with E-state index in [0.29, 0.717) is 11.9 Å². The van der Waals surface area contributed by atoms with Gasteiger partial charge in [0.1, 0.15) is 17.4 Å². The van der Waals surface area contributed by atoms with Crippen LogP contribution < -0.4 is 0 Å². The van der Waals surface area contributed by atoms with E-state index in [2.05, 4.69) is 10.2 Å². The van der Waals surface area contributed by atoms with Gasteiger partial charge in [-0.1, -0.05) is 12.8 Å². The molecular formula is C12H19N3O2S. The fourth-order valence-electron chi connectivity index (χ4n) is 2.86. The van der Waals surface area contributed by atoms with Gasteiger partial charge in [0.2, 0.25) is 0 Å². The Bertz CT molecular complexity index is 540. The van der Waals surface area contributed by atoms with Gasteiger partial charge < -0.3 is 4.57 Å². The fraction of sp³-hybridized carbons (Fsp3) is 0.833. The smallest absolute Gasteiger partial charge is 0.160 e. The Labute approximate surface area is 108 Å². The van der Waals surface area contributed by atoms with Crippen molar-refractivity contribution in [2.75, 3.05) is 0 Å². The summed E-state index contributed by atoms with van der Waals surface area (Å²) in [6.45, 7) is 1.90. The van der Waals surface area contributed by atoms with Gasteiger partial charge in [0, 0.05) is 6.04 Å². The molecule has 2 aliphatic carbocycles. The summed E-state index contributed by atoms with van der Waals surface area (Å²) in [5.41, 5.74) is 0. The molecule has 3 rings (SSSR count). The van der Waals surface area contributed by atoms with E-state index in [4.69, 9.17) is 0 Å². The number of hydrogen-bond donors (Lipinski definition) is 0. The molecule has 0 aromatic carbocycles. The summed E-state index contributed by atoms with van der Waals surface area (Å²) < 4.78 is 26.7. The summed E-state index contributed by atoms with van der Waals surface area (Å²) in [6, 6.07) is 0.439. The highest BCUT2D eigenvalue weighted by Crippen LogP contribution is 2.37. The van der Waals surface area contributed by atoms with Crippen molar-refractivity contribution in [3.8, 4) is 0 Å². The molecule has 18 heavy (non-hydrogen) atoms. The van der Waals surface area contributed by atoms with E-state index in [1.807, 2.05) is 11.5 Å². The molecular weight excluding hydrogens is 250 g/mol. The molecule has 1 aromatic heterocycles. The zero-order valence-electron chi connectivity index (χ0n) is 10.7. The highest BCUT2D eigenvalue weighted by atomic mass is 32.2. The van der Waals surface area contributed by atoms with Crippen molar-refractivity contribution in [2.45, 2.75) is 62.5 Å². The third-order valence-electron chi connectivity index (χ3n) is 3.99. The maximum Gasteiger partial charge on any atom is 0.160 e. The Kier molecular flexibility index (Phi) is 2.92. The Morgan fingerprint density at radius 2 is 1.83 bits per heavy atom. The Morgan fingerprint density at radius 1 is 1.17 bits per heavy atom. The quantitative estimate of drug-likeness (QED) is 0.835. The molecule has 0 unspecified atom stereocenters. The SMILES string of the molecule is Cc1nnc(CS(=O)(=O)C2CCCC2)n1C1CC1. The average molecular weight is 269 g/mol. The van der Waals surface area contributed by atoms with Gasteiger partial charge in [-0.3, -0.25) is 0 Å². The number of nitrogens with zero attached hydrogens (tertiary/aromatic N) is 3. The number of hydrogen-bond acceptors (Lipinski definition) is 4. The van der Waals surface area contributed by atoms with Crippen LogP contribution in [0.2, 0.25) is 0 Å². The highest BCUT2D eigenvalue weighted by molar-refractivity contribution is 7.91. The molecule has 1 heterocycles. The van der Waals surface area contributed by atoms with Crippen LogP contribution in [-0.2, 0) is 15.6 Å². The zero-order valence-corrected chi connectivity index (χ0v) is 11.5. The highest BCUT2D eigenvalue weighted by Gasteiger charge is 2.33. The first kappa shape index (κ1) is 12.1. The molecule has 0 N–H and O–H groups in total. The second-order valence-electron chi connectivity index (χ2n) is 5.48. The number of aryl methyl sites for hydroxylation is 1. The topological polar surface area (TPSA) is 64.8 Å². The Balaban J connectivity index is 1.83. The molecule has 0 radical (unpaired) electrons. The normalized spacial score (nSPS) is 21.6. The van der Waals surface area contributed by atoms with Gasteiger partial charge in [0.05, 0.1) is 5.25 Å². The summed E-state index contributed by atoms with van der Waals surface area (Å²) in [4.78, 5) is 0. The van der Waals surface area contributed by atoms with Crippen molar-refractivity contribution in [3.05, 3.63) is 11.6 Å². The van der Waals surface area contributed by atoms with Gasteiger partial charge in [0.25, 0.3) is 0 Å². The van der Waals surface area contributed by atoms with Gasteiger partial charge >= 0.3 is 0 Å². The first-order chi connectivity index (χ1) is 8.58. The van der Waals surface area contributed by atoms with Crippen molar-refractivity contribution >= 4 is 9.84 Å². The van der Waals surface area contributed by atoms with Crippen LogP contribution >= 0.6 is 0 Å². The van der Waals surface area contributed by atoms with E-state index in [1.165, 1.54) is 0 Å². The van der Waals surface area contributed by atoms with Gasteiger partial charge in [0.15, 0.2) is 9.84 Å². The summed E-state index contributed by atoms with van der Waals surface area (Å²) in [7, 11) is -3.05. The van der Waals surface area contributed by atoms with Gasteiger partial charge in [-0.2, -0.15) is 0 Å². The largest absolute Gasteiger partial charge is 0.311 e. The summed E-state index contributed by atoms with van der Waals surface area (Å²) >= 11 is 0. The van der Waals surface area contributed by atoms with Crippen molar-refractivity contribution < 1.29 is 8.42 Å². The van der Waals surface area contributed by atoms with Crippen molar-refractivity contribution in [3.63, 3.8) is 0 Å². The minimum absolute atomic E-state index is 0.0645. The van der Waals surface area contributed by atoms with Crippen molar-refractivity contribution in [1.82, 2.24) is 14.8 Å². The Hall–Kier alpha value is -0.910. The molecule has 2 aliphatic rings. The predicted molar refractivity (Wildman–Crippen MR) is 67.9 cm³/mol. The molecule has 1 aromatic rings. The first-order valence-electron chi connectivity index (χ1n) is 6.70. The zero-order chi connectivity index (χ0) is 12.8. The monoisotopic (exact) mass is 269 g/mol. The standard InChI is InChI=1S/C12H19N3O2S/c1-9-13-14-12(15(9)10-6-7-10)8-18(16,17)11-4-2-3-5-11/h10-11H,2-8H2,1H3.